The molecule has 1 aromatic carbocycles. The van der Waals surface area contributed by atoms with Crippen molar-refractivity contribution >= 4 is 12.0 Å². The van der Waals surface area contributed by atoms with E-state index >= 15 is 0 Å². The first-order chi connectivity index (χ1) is 10.0. The number of hydrogen-bond donors (Lipinski definition) is 2. The number of aliphatic carboxylic acids is 1. The monoisotopic (exact) mass is 292 g/mol. The molecule has 2 N–H and O–H groups in total. The van der Waals surface area contributed by atoms with E-state index in [1.54, 1.807) is 37.4 Å². The van der Waals surface area contributed by atoms with Crippen molar-refractivity contribution in [2.75, 3.05) is 13.7 Å². The average Bonchev–Trinajstić information content (AvgIpc) is 2.90. The van der Waals surface area contributed by atoms with Gasteiger partial charge in [0.2, 0.25) is 0 Å². The van der Waals surface area contributed by atoms with E-state index in [1.165, 1.54) is 4.90 Å². The molecule has 6 heteroatoms. The Morgan fingerprint density at radius 1 is 1.38 bits per heavy atom. The summed E-state index contributed by atoms with van der Waals surface area (Å²) in [5, 5.41) is 11.9. The third kappa shape index (κ3) is 3.52. The maximum absolute atomic E-state index is 12.3. The number of carbonyl (C=O) groups excluding carboxylic acids is 1. The fourth-order valence-electron chi connectivity index (χ4n) is 2.54. The van der Waals surface area contributed by atoms with Crippen LogP contribution in [0.15, 0.2) is 30.3 Å². The summed E-state index contributed by atoms with van der Waals surface area (Å²) >= 11 is 0. The minimum absolute atomic E-state index is 0.0322. The van der Waals surface area contributed by atoms with Crippen LogP contribution in [-0.4, -0.2) is 47.8 Å². The molecule has 1 heterocycles. The lowest BCUT2D eigenvalue weighted by molar-refractivity contribution is -0.139. The van der Waals surface area contributed by atoms with Crippen molar-refractivity contribution in [2.45, 2.75) is 31.5 Å². The number of carboxylic acids is 1. The van der Waals surface area contributed by atoms with Crippen LogP contribution in [0.25, 0.3) is 0 Å². The Kier molecular flexibility index (Phi) is 4.80. The van der Waals surface area contributed by atoms with E-state index in [0.29, 0.717) is 12.2 Å². The Bertz CT molecular complexity index is 506. The normalized spacial score (nSPS) is 22.6. The highest BCUT2D eigenvalue weighted by atomic mass is 16.5. The van der Waals surface area contributed by atoms with E-state index in [1.807, 2.05) is 6.92 Å². The van der Waals surface area contributed by atoms with Gasteiger partial charge in [-0.2, -0.15) is 0 Å². The number of carbonyl (C=O) groups is 2. The van der Waals surface area contributed by atoms with Gasteiger partial charge in [-0.3, -0.25) is 0 Å². The van der Waals surface area contributed by atoms with E-state index in [4.69, 9.17) is 4.74 Å². The number of carboxylic acid groups (broad SMARTS) is 1. The molecule has 0 saturated carbocycles. The Labute approximate surface area is 123 Å². The van der Waals surface area contributed by atoms with Crippen LogP contribution in [0, 0.1) is 0 Å². The second-order valence-corrected chi connectivity index (χ2v) is 5.17. The van der Waals surface area contributed by atoms with E-state index in [9.17, 15) is 14.7 Å². The quantitative estimate of drug-likeness (QED) is 0.884. The fraction of sp³-hybridized carbons (Fsp3) is 0.467. The number of nitrogens with one attached hydrogen (secondary N) is 1. The van der Waals surface area contributed by atoms with Gasteiger partial charge in [0.25, 0.3) is 0 Å². The largest absolute Gasteiger partial charge is 0.479 e. The van der Waals surface area contributed by atoms with Gasteiger partial charge in [-0.25, -0.2) is 9.59 Å². The summed E-state index contributed by atoms with van der Waals surface area (Å²) in [5.74, 6) is -1.08. The van der Waals surface area contributed by atoms with Crippen LogP contribution < -0.4 is 5.32 Å². The fourth-order valence-corrected chi connectivity index (χ4v) is 2.54. The molecule has 0 spiro atoms. The molecule has 2 rings (SSSR count). The summed E-state index contributed by atoms with van der Waals surface area (Å²) in [5.41, 5.74) is 0.544. The van der Waals surface area contributed by atoms with E-state index in [-0.39, 0.29) is 12.1 Å². The first-order valence-corrected chi connectivity index (χ1v) is 6.93. The van der Waals surface area contributed by atoms with Gasteiger partial charge in [0.1, 0.15) is 0 Å². The van der Waals surface area contributed by atoms with Crippen LogP contribution in [0.2, 0.25) is 0 Å². The van der Waals surface area contributed by atoms with E-state index < -0.39 is 18.0 Å². The maximum atomic E-state index is 12.3. The molecule has 0 radical (unpaired) electrons. The zero-order valence-electron chi connectivity index (χ0n) is 12.2. The Morgan fingerprint density at radius 3 is 2.57 bits per heavy atom. The molecule has 1 fully saturated rings. The Balaban J connectivity index is 2.07. The molecule has 0 aromatic heterocycles. The van der Waals surface area contributed by atoms with Crippen molar-refractivity contribution < 1.29 is 19.4 Å². The molecular formula is C15H20N2O4. The summed E-state index contributed by atoms with van der Waals surface area (Å²) in [6, 6.07) is 7.15. The minimum atomic E-state index is -1.08. The van der Waals surface area contributed by atoms with Gasteiger partial charge in [0.05, 0.1) is 12.1 Å². The van der Waals surface area contributed by atoms with E-state index in [0.717, 1.165) is 6.42 Å². The van der Waals surface area contributed by atoms with Gasteiger partial charge < -0.3 is 20.1 Å². The molecular weight excluding hydrogens is 272 g/mol. The summed E-state index contributed by atoms with van der Waals surface area (Å²) in [6.07, 6.45) is 0.717. The predicted molar refractivity (Wildman–Crippen MR) is 76.9 cm³/mol. The second-order valence-electron chi connectivity index (χ2n) is 5.17. The number of likely N-dealkylation sites (N-methyl/N-ethyl adjacent to an activating group) is 1. The zero-order valence-corrected chi connectivity index (χ0v) is 12.2. The van der Waals surface area contributed by atoms with Gasteiger partial charge in [-0.1, -0.05) is 30.3 Å². The summed E-state index contributed by atoms with van der Waals surface area (Å²) in [4.78, 5) is 25.2. The second kappa shape index (κ2) is 6.58. The molecule has 0 bridgehead atoms. The van der Waals surface area contributed by atoms with Crippen LogP contribution in [0.4, 0.5) is 4.79 Å². The molecule has 1 aliphatic heterocycles. The van der Waals surface area contributed by atoms with Crippen LogP contribution in [0.3, 0.4) is 0 Å². The summed E-state index contributed by atoms with van der Waals surface area (Å²) < 4.78 is 5.44. The number of hydrogen-bond acceptors (Lipinski definition) is 3. The Morgan fingerprint density at radius 2 is 2.05 bits per heavy atom. The molecule has 114 valence electrons. The highest BCUT2D eigenvalue weighted by Gasteiger charge is 2.32. The smallest absolute Gasteiger partial charge is 0.330 e. The van der Waals surface area contributed by atoms with Crippen LogP contribution in [-0.2, 0) is 9.53 Å². The SMILES string of the molecule is CC1OCCC1N(C)C(=O)NC(C(=O)O)c1ccccc1. The first kappa shape index (κ1) is 15.3. The number of benzene rings is 1. The van der Waals surface area contributed by atoms with Crippen molar-refractivity contribution in [2.24, 2.45) is 0 Å². The summed E-state index contributed by atoms with van der Waals surface area (Å²) in [6.45, 7) is 2.53. The molecule has 21 heavy (non-hydrogen) atoms. The van der Waals surface area contributed by atoms with Crippen molar-refractivity contribution in [1.29, 1.82) is 0 Å². The van der Waals surface area contributed by atoms with Gasteiger partial charge >= 0.3 is 12.0 Å². The first-order valence-electron chi connectivity index (χ1n) is 6.93. The lowest BCUT2D eigenvalue weighted by atomic mass is 10.1. The third-order valence-corrected chi connectivity index (χ3v) is 3.80. The Hall–Kier alpha value is -2.08. The third-order valence-electron chi connectivity index (χ3n) is 3.80. The highest BCUT2D eigenvalue weighted by Crippen LogP contribution is 2.19. The van der Waals surface area contributed by atoms with Crippen LogP contribution in [0.5, 0.6) is 0 Å². The van der Waals surface area contributed by atoms with Crippen molar-refractivity contribution in [3.8, 4) is 0 Å². The average molecular weight is 292 g/mol. The topological polar surface area (TPSA) is 78.9 Å². The number of urea groups is 1. The van der Waals surface area contributed by atoms with Crippen molar-refractivity contribution in [3.05, 3.63) is 35.9 Å². The predicted octanol–water partition coefficient (Wildman–Crippen LogP) is 1.63. The molecule has 1 aliphatic rings. The molecule has 3 unspecified atom stereocenters. The lowest BCUT2D eigenvalue weighted by Crippen LogP contribution is -2.48. The number of ether oxygens (including phenoxy) is 1. The number of amides is 2. The lowest BCUT2D eigenvalue weighted by Gasteiger charge is -2.28. The standard InChI is InChI=1S/C15H20N2O4/c1-10-12(8-9-21-10)17(2)15(20)16-13(14(18)19)11-6-4-3-5-7-11/h3-7,10,12-13H,8-9H2,1-2H3,(H,16,20)(H,18,19). The molecule has 6 nitrogen and oxygen atoms in total. The van der Waals surface area contributed by atoms with Gasteiger partial charge in [0.15, 0.2) is 6.04 Å². The zero-order chi connectivity index (χ0) is 15.4. The number of rotatable bonds is 4. The molecule has 0 aliphatic carbocycles. The molecule has 3 atom stereocenters. The molecule has 1 saturated heterocycles. The number of nitrogens with zero attached hydrogens (tertiary/aromatic N) is 1. The van der Waals surface area contributed by atoms with Crippen molar-refractivity contribution in [3.63, 3.8) is 0 Å². The molecule has 2 amide bonds. The van der Waals surface area contributed by atoms with Gasteiger partial charge in [0, 0.05) is 13.7 Å². The highest BCUT2D eigenvalue weighted by molar-refractivity contribution is 5.83. The minimum Gasteiger partial charge on any atom is -0.479 e. The summed E-state index contributed by atoms with van der Waals surface area (Å²) in [7, 11) is 1.66. The van der Waals surface area contributed by atoms with Gasteiger partial charge in [-0.05, 0) is 18.9 Å². The van der Waals surface area contributed by atoms with Gasteiger partial charge in [-0.15, -0.1) is 0 Å². The van der Waals surface area contributed by atoms with Crippen LogP contribution in [0.1, 0.15) is 24.9 Å². The maximum Gasteiger partial charge on any atom is 0.330 e. The molecule has 1 aromatic rings. The van der Waals surface area contributed by atoms with Crippen molar-refractivity contribution in [1.82, 2.24) is 10.2 Å². The van der Waals surface area contributed by atoms with E-state index in [2.05, 4.69) is 5.32 Å². The van der Waals surface area contributed by atoms with Crippen LogP contribution >= 0.6 is 0 Å².